The first kappa shape index (κ1) is 17.3. The lowest BCUT2D eigenvalue weighted by atomic mass is 10.3. The maximum Gasteiger partial charge on any atom is 0.253 e. The fourth-order valence-electron chi connectivity index (χ4n) is 2.49. The van der Waals surface area contributed by atoms with Gasteiger partial charge < -0.3 is 14.0 Å². The van der Waals surface area contributed by atoms with Gasteiger partial charge in [0, 0.05) is 4.88 Å². The van der Waals surface area contributed by atoms with Crippen molar-refractivity contribution in [1.82, 2.24) is 4.57 Å². The van der Waals surface area contributed by atoms with Gasteiger partial charge in [-0.05, 0) is 23.6 Å². The summed E-state index contributed by atoms with van der Waals surface area (Å²) in [7, 11) is 3.20. The molecule has 0 aliphatic carbocycles. The number of amides is 1. The van der Waals surface area contributed by atoms with Crippen molar-refractivity contribution in [3.63, 3.8) is 0 Å². The first-order valence-corrected chi connectivity index (χ1v) is 9.15. The quantitative estimate of drug-likeness (QED) is 0.647. The number of ether oxygens (including phenoxy) is 2. The average Bonchev–Trinajstić information content (AvgIpc) is 3.23. The van der Waals surface area contributed by atoms with Gasteiger partial charge in [-0.25, -0.2) is 0 Å². The van der Waals surface area contributed by atoms with E-state index in [2.05, 4.69) is 10.9 Å². The van der Waals surface area contributed by atoms with Crippen molar-refractivity contribution in [2.45, 2.75) is 13.0 Å². The van der Waals surface area contributed by atoms with E-state index in [4.69, 9.17) is 15.9 Å². The van der Waals surface area contributed by atoms with Crippen molar-refractivity contribution >= 4 is 38.8 Å². The molecular weight excluding hydrogens is 356 g/mol. The Bertz CT molecular complexity index is 1010. The minimum Gasteiger partial charge on any atom is -0.495 e. The van der Waals surface area contributed by atoms with Crippen molar-refractivity contribution in [3.8, 4) is 23.8 Å². The topological polar surface area (TPSA) is 52.8 Å². The highest BCUT2D eigenvalue weighted by Gasteiger charge is 2.16. The highest BCUT2D eigenvalue weighted by Crippen LogP contribution is 2.35. The second-order valence-electron chi connectivity index (χ2n) is 5.08. The van der Waals surface area contributed by atoms with Crippen LogP contribution in [0.15, 0.2) is 34.6 Å². The zero-order valence-electron chi connectivity index (χ0n) is 13.8. The van der Waals surface area contributed by atoms with Gasteiger partial charge in [0.05, 0.1) is 27.2 Å². The van der Waals surface area contributed by atoms with Gasteiger partial charge in [-0.15, -0.1) is 17.8 Å². The Morgan fingerprint density at radius 3 is 2.68 bits per heavy atom. The van der Waals surface area contributed by atoms with Crippen molar-refractivity contribution in [1.29, 1.82) is 0 Å². The zero-order chi connectivity index (χ0) is 17.8. The molecule has 0 saturated heterocycles. The van der Waals surface area contributed by atoms with Crippen LogP contribution >= 0.6 is 22.7 Å². The second kappa shape index (κ2) is 7.55. The molecule has 5 nitrogen and oxygen atoms in total. The summed E-state index contributed by atoms with van der Waals surface area (Å²) in [6.45, 7) is 0.286. The fourth-order valence-corrected chi connectivity index (χ4v) is 4.34. The molecule has 1 amide bonds. The smallest absolute Gasteiger partial charge is 0.253 e. The summed E-state index contributed by atoms with van der Waals surface area (Å²) in [6.07, 6.45) is 5.79. The minimum atomic E-state index is -0.210. The van der Waals surface area contributed by atoms with Crippen LogP contribution < -0.4 is 14.3 Å². The van der Waals surface area contributed by atoms with Crippen LogP contribution in [0.5, 0.6) is 11.5 Å². The Labute approximate surface area is 153 Å². The molecule has 0 unspecified atom stereocenters. The van der Waals surface area contributed by atoms with E-state index < -0.39 is 0 Å². The lowest BCUT2D eigenvalue weighted by Crippen LogP contribution is -2.17. The summed E-state index contributed by atoms with van der Waals surface area (Å²) in [6, 6.07) is 7.48. The Morgan fingerprint density at radius 1 is 1.28 bits per heavy atom. The van der Waals surface area contributed by atoms with Crippen LogP contribution in [0.25, 0.3) is 10.2 Å². The fraction of sp³-hybridized carbons (Fsp3) is 0.222. The van der Waals surface area contributed by atoms with Crippen LogP contribution in [0.3, 0.4) is 0 Å². The monoisotopic (exact) mass is 372 g/mol. The number of rotatable bonds is 5. The van der Waals surface area contributed by atoms with Gasteiger partial charge in [0.25, 0.3) is 5.91 Å². The molecule has 0 radical (unpaired) electrons. The van der Waals surface area contributed by atoms with Crippen molar-refractivity contribution in [3.05, 3.63) is 39.3 Å². The molecule has 0 spiro atoms. The number of hydrogen-bond donors (Lipinski definition) is 0. The normalized spacial score (nSPS) is 11.5. The molecule has 0 saturated carbocycles. The number of aromatic nitrogens is 1. The van der Waals surface area contributed by atoms with E-state index in [1.54, 1.807) is 14.2 Å². The average molecular weight is 372 g/mol. The van der Waals surface area contributed by atoms with Gasteiger partial charge >= 0.3 is 0 Å². The van der Waals surface area contributed by atoms with Crippen LogP contribution in [0.2, 0.25) is 0 Å². The second-order valence-corrected chi connectivity index (χ2v) is 7.09. The van der Waals surface area contributed by atoms with E-state index in [-0.39, 0.29) is 18.9 Å². The number of methoxy groups -OCH3 is 2. The first-order chi connectivity index (χ1) is 12.2. The van der Waals surface area contributed by atoms with Gasteiger partial charge in [-0.1, -0.05) is 23.3 Å². The van der Waals surface area contributed by atoms with Crippen LogP contribution in [-0.4, -0.2) is 24.7 Å². The molecule has 0 N–H and O–H groups in total. The molecule has 3 rings (SSSR count). The van der Waals surface area contributed by atoms with E-state index in [0.29, 0.717) is 16.3 Å². The van der Waals surface area contributed by atoms with E-state index in [1.165, 1.54) is 22.7 Å². The molecule has 0 atom stereocenters. The number of hydrogen-bond acceptors (Lipinski definition) is 5. The summed E-state index contributed by atoms with van der Waals surface area (Å²) in [5, 5.41) is 1.94. The molecular formula is C18H16N2O3S2. The Morgan fingerprint density at radius 2 is 2.04 bits per heavy atom. The molecule has 0 bridgehead atoms. The summed E-state index contributed by atoms with van der Waals surface area (Å²) in [5.41, 5.74) is 0.785. The molecule has 0 aliphatic rings. The van der Waals surface area contributed by atoms with Gasteiger partial charge in [0.1, 0.15) is 21.7 Å². The largest absolute Gasteiger partial charge is 0.495 e. The number of benzene rings is 1. The van der Waals surface area contributed by atoms with E-state index in [0.717, 1.165) is 15.1 Å². The molecule has 7 heteroatoms. The Balaban J connectivity index is 2.17. The molecule has 2 heterocycles. The maximum absolute atomic E-state index is 12.3. The highest BCUT2D eigenvalue weighted by molar-refractivity contribution is 7.16. The van der Waals surface area contributed by atoms with E-state index in [1.807, 2.05) is 34.2 Å². The lowest BCUT2D eigenvalue weighted by Gasteiger charge is -2.08. The SMILES string of the molecule is C#CCn1c(=NC(=O)Cc2cccs2)sc2c(OC)ccc(OC)c21. The van der Waals surface area contributed by atoms with E-state index in [9.17, 15) is 4.79 Å². The maximum atomic E-state index is 12.3. The number of fused-ring (bicyclic) bond motifs is 1. The van der Waals surface area contributed by atoms with E-state index >= 15 is 0 Å². The van der Waals surface area contributed by atoms with Gasteiger partial charge in [-0.3, -0.25) is 4.79 Å². The molecule has 3 aromatic rings. The van der Waals surface area contributed by atoms with Gasteiger partial charge in [0.15, 0.2) is 4.80 Å². The predicted molar refractivity (Wildman–Crippen MR) is 100 cm³/mol. The van der Waals surface area contributed by atoms with Crippen LogP contribution in [0.4, 0.5) is 0 Å². The van der Waals surface area contributed by atoms with Crippen LogP contribution in [0.1, 0.15) is 4.88 Å². The molecule has 128 valence electrons. The Hall–Kier alpha value is -2.56. The third-order valence-corrected chi connectivity index (χ3v) is 5.54. The predicted octanol–water partition coefficient (Wildman–Crippen LogP) is 3.08. The number of nitrogens with zero attached hydrogens (tertiary/aromatic N) is 2. The minimum absolute atomic E-state index is 0.210. The zero-order valence-corrected chi connectivity index (χ0v) is 15.4. The number of terminal acetylenes is 1. The Kier molecular flexibility index (Phi) is 5.22. The third kappa shape index (κ3) is 3.45. The molecule has 1 aromatic carbocycles. The van der Waals surface area contributed by atoms with Crippen molar-refractivity contribution in [2.24, 2.45) is 4.99 Å². The number of thiazole rings is 1. The highest BCUT2D eigenvalue weighted by atomic mass is 32.1. The van der Waals surface area contributed by atoms with Crippen molar-refractivity contribution in [2.75, 3.05) is 14.2 Å². The molecule has 0 aliphatic heterocycles. The van der Waals surface area contributed by atoms with Crippen molar-refractivity contribution < 1.29 is 14.3 Å². The summed E-state index contributed by atoms with van der Waals surface area (Å²) < 4.78 is 13.5. The summed E-state index contributed by atoms with van der Waals surface area (Å²) in [5.74, 6) is 3.76. The third-order valence-electron chi connectivity index (χ3n) is 3.57. The van der Waals surface area contributed by atoms with Gasteiger partial charge in [-0.2, -0.15) is 4.99 Å². The summed E-state index contributed by atoms with van der Waals surface area (Å²) >= 11 is 2.90. The number of carbonyl (C=O) groups excluding carboxylic acids is 1. The number of thiophene rings is 1. The standard InChI is InChI=1S/C18H16N2O3S2/c1-4-9-20-16-13(22-2)7-8-14(23-3)17(16)25-18(20)19-15(21)11-12-6-5-10-24-12/h1,5-8,10H,9,11H2,2-3H3. The summed E-state index contributed by atoms with van der Waals surface area (Å²) in [4.78, 5) is 18.1. The van der Waals surface area contributed by atoms with Crippen LogP contribution in [-0.2, 0) is 17.8 Å². The molecule has 2 aromatic heterocycles. The number of carbonyl (C=O) groups is 1. The molecule has 25 heavy (non-hydrogen) atoms. The first-order valence-electron chi connectivity index (χ1n) is 7.45. The van der Waals surface area contributed by atoms with Gasteiger partial charge in [0.2, 0.25) is 0 Å². The molecule has 0 fully saturated rings. The van der Waals surface area contributed by atoms with Crippen LogP contribution in [0, 0.1) is 12.3 Å². The lowest BCUT2D eigenvalue weighted by molar-refractivity contribution is -0.117.